The van der Waals surface area contributed by atoms with Gasteiger partial charge in [-0.25, -0.2) is 4.79 Å². The predicted octanol–water partition coefficient (Wildman–Crippen LogP) is 2.77. The van der Waals surface area contributed by atoms with Crippen LogP contribution in [0.2, 0.25) is 0 Å². The van der Waals surface area contributed by atoms with Crippen molar-refractivity contribution in [2.75, 3.05) is 0 Å². The van der Waals surface area contributed by atoms with E-state index in [0.29, 0.717) is 16.9 Å². The third-order valence-electron chi connectivity index (χ3n) is 6.31. The maximum atomic E-state index is 12.9. The van der Waals surface area contributed by atoms with E-state index >= 15 is 0 Å². The normalized spacial score (nSPS) is 15.2. The standard InChI is InChI=1S/C21H22N6O4/c1-23-18-17(19(28)24(2)21(23)29)25-12-16(13-8-10-15(11-9-13)27(30)31)26(20(25)22-18)14-6-4-3-5-7-14/h8-12,14H,3-7H2,1-2H3. The summed E-state index contributed by atoms with van der Waals surface area (Å²) in [6.45, 7) is 0. The molecule has 0 spiro atoms. The highest BCUT2D eigenvalue weighted by molar-refractivity contribution is 5.78. The molecule has 5 rings (SSSR count). The van der Waals surface area contributed by atoms with Crippen molar-refractivity contribution in [3.05, 3.63) is 61.4 Å². The molecule has 0 aliphatic heterocycles. The highest BCUT2D eigenvalue weighted by Crippen LogP contribution is 2.36. The minimum atomic E-state index is -0.422. The number of fused-ring (bicyclic) bond motifs is 3. The van der Waals surface area contributed by atoms with E-state index in [2.05, 4.69) is 4.57 Å². The predicted molar refractivity (Wildman–Crippen MR) is 115 cm³/mol. The molecule has 0 bridgehead atoms. The van der Waals surface area contributed by atoms with Gasteiger partial charge in [0.25, 0.3) is 11.2 Å². The van der Waals surface area contributed by atoms with Gasteiger partial charge in [0.1, 0.15) is 0 Å². The SMILES string of the molecule is Cn1c(=O)c2c(nc3n(C4CCCCC4)c(-c4ccc([N+](=O)[O-])cc4)cn23)n(C)c1=O. The fraction of sp³-hybridized carbons (Fsp3) is 0.381. The van der Waals surface area contributed by atoms with Gasteiger partial charge in [-0.3, -0.25) is 28.4 Å². The first-order valence-electron chi connectivity index (χ1n) is 10.3. The van der Waals surface area contributed by atoms with Crippen molar-refractivity contribution in [3.63, 3.8) is 0 Å². The molecule has 0 atom stereocenters. The summed E-state index contributed by atoms with van der Waals surface area (Å²) in [6, 6.07) is 6.62. The number of rotatable bonds is 3. The smallest absolute Gasteiger partial charge is 0.306 e. The minimum absolute atomic E-state index is 0.0265. The molecule has 0 N–H and O–H groups in total. The van der Waals surface area contributed by atoms with Crippen LogP contribution >= 0.6 is 0 Å². The van der Waals surface area contributed by atoms with Crippen LogP contribution in [-0.4, -0.2) is 28.0 Å². The lowest BCUT2D eigenvalue weighted by molar-refractivity contribution is -0.384. The maximum Gasteiger partial charge on any atom is 0.332 e. The number of benzene rings is 1. The molecule has 0 radical (unpaired) electrons. The van der Waals surface area contributed by atoms with Crippen molar-refractivity contribution in [2.24, 2.45) is 14.1 Å². The van der Waals surface area contributed by atoms with Gasteiger partial charge in [-0.2, -0.15) is 4.98 Å². The molecule has 1 aromatic carbocycles. The number of non-ortho nitro benzene ring substituents is 1. The van der Waals surface area contributed by atoms with Crippen molar-refractivity contribution >= 4 is 22.6 Å². The third kappa shape index (κ3) is 2.82. The molecule has 31 heavy (non-hydrogen) atoms. The molecule has 1 aliphatic carbocycles. The van der Waals surface area contributed by atoms with Crippen molar-refractivity contribution in [3.8, 4) is 11.3 Å². The van der Waals surface area contributed by atoms with Gasteiger partial charge < -0.3 is 4.57 Å². The summed E-state index contributed by atoms with van der Waals surface area (Å²) >= 11 is 0. The number of nitro benzene ring substituents is 1. The van der Waals surface area contributed by atoms with E-state index in [9.17, 15) is 19.7 Å². The zero-order valence-electron chi connectivity index (χ0n) is 17.3. The molecule has 4 aromatic rings. The van der Waals surface area contributed by atoms with Crippen LogP contribution in [0.4, 0.5) is 5.69 Å². The molecule has 1 saturated carbocycles. The number of nitrogens with zero attached hydrogens (tertiary/aromatic N) is 6. The highest BCUT2D eigenvalue weighted by Gasteiger charge is 2.26. The molecule has 160 valence electrons. The van der Waals surface area contributed by atoms with Crippen LogP contribution in [0.5, 0.6) is 0 Å². The Labute approximate surface area is 176 Å². The molecule has 0 unspecified atom stereocenters. The van der Waals surface area contributed by atoms with Gasteiger partial charge in [-0.15, -0.1) is 0 Å². The number of aromatic nitrogens is 5. The molecule has 0 saturated heterocycles. The van der Waals surface area contributed by atoms with E-state index in [4.69, 9.17) is 4.98 Å². The first-order valence-corrected chi connectivity index (χ1v) is 10.3. The number of aryl methyl sites for hydroxylation is 1. The highest BCUT2D eigenvalue weighted by atomic mass is 16.6. The number of hydrogen-bond acceptors (Lipinski definition) is 5. The molecule has 1 aliphatic rings. The minimum Gasteiger partial charge on any atom is -0.306 e. The Hall–Kier alpha value is -3.69. The fourth-order valence-corrected chi connectivity index (χ4v) is 4.65. The summed E-state index contributed by atoms with van der Waals surface area (Å²) in [5.74, 6) is 0.605. The summed E-state index contributed by atoms with van der Waals surface area (Å²) in [5, 5.41) is 11.1. The first kappa shape index (κ1) is 19.3. The molecular weight excluding hydrogens is 400 g/mol. The lowest BCUT2D eigenvalue weighted by atomic mass is 9.95. The zero-order valence-corrected chi connectivity index (χ0v) is 17.3. The van der Waals surface area contributed by atoms with E-state index in [1.165, 1.54) is 30.2 Å². The van der Waals surface area contributed by atoms with Gasteiger partial charge in [0.2, 0.25) is 5.78 Å². The number of imidazole rings is 2. The topological polar surface area (TPSA) is 109 Å². The summed E-state index contributed by atoms with van der Waals surface area (Å²) in [4.78, 5) is 40.7. The summed E-state index contributed by atoms with van der Waals surface area (Å²) in [5.41, 5.74) is 1.57. The molecule has 10 nitrogen and oxygen atoms in total. The van der Waals surface area contributed by atoms with E-state index in [0.717, 1.165) is 41.5 Å². The Kier molecular flexibility index (Phi) is 4.31. The second kappa shape index (κ2) is 6.93. The summed E-state index contributed by atoms with van der Waals surface area (Å²) in [7, 11) is 3.07. The molecular formula is C21H22N6O4. The van der Waals surface area contributed by atoms with Gasteiger partial charge in [-0.1, -0.05) is 19.3 Å². The molecule has 3 heterocycles. The van der Waals surface area contributed by atoms with Crippen LogP contribution in [0.3, 0.4) is 0 Å². The van der Waals surface area contributed by atoms with Crippen LogP contribution in [0.1, 0.15) is 38.1 Å². The van der Waals surface area contributed by atoms with Gasteiger partial charge in [0.05, 0.1) is 10.6 Å². The number of hydrogen-bond donors (Lipinski definition) is 0. The summed E-state index contributed by atoms with van der Waals surface area (Å²) in [6.07, 6.45) is 7.23. The van der Waals surface area contributed by atoms with Crippen molar-refractivity contribution in [1.82, 2.24) is 23.1 Å². The zero-order chi connectivity index (χ0) is 21.9. The first-order chi connectivity index (χ1) is 14.9. The fourth-order valence-electron chi connectivity index (χ4n) is 4.65. The quantitative estimate of drug-likeness (QED) is 0.372. The second-order valence-electron chi connectivity index (χ2n) is 8.14. The van der Waals surface area contributed by atoms with E-state index < -0.39 is 16.2 Å². The Morgan fingerprint density at radius 2 is 1.71 bits per heavy atom. The Morgan fingerprint density at radius 1 is 1.03 bits per heavy atom. The Morgan fingerprint density at radius 3 is 2.35 bits per heavy atom. The summed E-state index contributed by atoms with van der Waals surface area (Å²) < 4.78 is 6.35. The van der Waals surface area contributed by atoms with E-state index in [-0.39, 0.29) is 11.7 Å². The van der Waals surface area contributed by atoms with Crippen LogP contribution in [0, 0.1) is 10.1 Å². The average Bonchev–Trinajstić information content (AvgIpc) is 3.33. The molecule has 1 fully saturated rings. The lowest BCUT2D eigenvalue weighted by Gasteiger charge is -2.25. The number of nitro groups is 1. The van der Waals surface area contributed by atoms with Crippen molar-refractivity contribution < 1.29 is 4.92 Å². The Bertz CT molecular complexity index is 1450. The van der Waals surface area contributed by atoms with Crippen LogP contribution in [0.15, 0.2) is 40.1 Å². The van der Waals surface area contributed by atoms with Crippen molar-refractivity contribution in [2.45, 2.75) is 38.1 Å². The van der Waals surface area contributed by atoms with Crippen molar-refractivity contribution in [1.29, 1.82) is 0 Å². The molecule has 0 amide bonds. The van der Waals surface area contributed by atoms with E-state index in [1.807, 2.05) is 6.20 Å². The van der Waals surface area contributed by atoms with Crippen LogP contribution in [-0.2, 0) is 14.1 Å². The van der Waals surface area contributed by atoms with Gasteiger partial charge >= 0.3 is 5.69 Å². The van der Waals surface area contributed by atoms with E-state index in [1.54, 1.807) is 23.6 Å². The largest absolute Gasteiger partial charge is 0.332 e. The average molecular weight is 422 g/mol. The van der Waals surface area contributed by atoms with Gasteiger partial charge in [-0.05, 0) is 25.0 Å². The Balaban J connectivity index is 1.83. The second-order valence-corrected chi connectivity index (χ2v) is 8.14. The van der Waals surface area contributed by atoms with Crippen LogP contribution < -0.4 is 11.2 Å². The van der Waals surface area contributed by atoms with Crippen LogP contribution in [0.25, 0.3) is 28.2 Å². The monoisotopic (exact) mass is 422 g/mol. The van der Waals surface area contributed by atoms with Gasteiger partial charge in [0.15, 0.2) is 11.2 Å². The molecule has 10 heteroatoms. The van der Waals surface area contributed by atoms with Gasteiger partial charge in [0, 0.05) is 44.0 Å². The lowest BCUT2D eigenvalue weighted by Crippen LogP contribution is -2.37. The third-order valence-corrected chi connectivity index (χ3v) is 6.31. The molecule has 3 aromatic heterocycles. The maximum absolute atomic E-state index is 12.9.